The highest BCUT2D eigenvalue weighted by Gasteiger charge is 2.60. The molecular weight excluding hydrogens is 602 g/mol. The van der Waals surface area contributed by atoms with Crippen LogP contribution < -0.4 is 0 Å². The van der Waals surface area contributed by atoms with Crippen LogP contribution in [0.25, 0.3) is 0 Å². The highest BCUT2D eigenvalue weighted by Crippen LogP contribution is 2.53. The highest BCUT2D eigenvalue weighted by atomic mass is 35.5. The van der Waals surface area contributed by atoms with Gasteiger partial charge in [-0.15, -0.1) is 0 Å². The summed E-state index contributed by atoms with van der Waals surface area (Å²) in [4.78, 5) is 31.7. The zero-order chi connectivity index (χ0) is 30.7. The van der Waals surface area contributed by atoms with E-state index < -0.39 is 51.0 Å². The molecule has 0 N–H and O–H groups in total. The fourth-order valence-corrected chi connectivity index (χ4v) is 9.22. The molecule has 6 rings (SSSR count). The molecule has 0 radical (unpaired) electrons. The first kappa shape index (κ1) is 30.2. The molecule has 2 aromatic carbocycles. The third-order valence-corrected chi connectivity index (χ3v) is 11.8. The van der Waals surface area contributed by atoms with Gasteiger partial charge >= 0.3 is 6.09 Å². The third kappa shape index (κ3) is 5.30. The van der Waals surface area contributed by atoms with Crippen molar-refractivity contribution in [3.8, 4) is 0 Å². The molecule has 4 fully saturated rings. The number of sulfonamides is 1. The number of hydrogen-bond donors (Lipinski definition) is 0. The Balaban J connectivity index is 1.28. The van der Waals surface area contributed by atoms with E-state index in [1.807, 2.05) is 11.9 Å². The van der Waals surface area contributed by atoms with Crippen LogP contribution in [0.5, 0.6) is 0 Å². The molecule has 2 amide bonds. The van der Waals surface area contributed by atoms with Gasteiger partial charge in [-0.05, 0) is 94.0 Å². The maximum Gasteiger partial charge on any atom is 0.410 e. The normalized spacial score (nSPS) is 25.7. The lowest BCUT2D eigenvalue weighted by Gasteiger charge is -2.45. The van der Waals surface area contributed by atoms with Gasteiger partial charge in [-0.25, -0.2) is 22.0 Å². The van der Waals surface area contributed by atoms with E-state index in [0.29, 0.717) is 69.7 Å². The SMILES string of the molecule is CN1CN(C)C2(CCN(C(=O)OC3(C4CCCC(c5cc(F)cc(F)c5)N4S(=O)(=O)c4ccc(Cl)cc4)CC3)CC2)C1=O. The summed E-state index contributed by atoms with van der Waals surface area (Å²) in [6.07, 6.45) is 2.67. The molecule has 3 heterocycles. The van der Waals surface area contributed by atoms with Gasteiger partial charge in [0.05, 0.1) is 23.6 Å². The van der Waals surface area contributed by atoms with Crippen molar-refractivity contribution in [1.82, 2.24) is 19.0 Å². The van der Waals surface area contributed by atoms with Crippen molar-refractivity contribution in [1.29, 1.82) is 0 Å². The lowest BCUT2D eigenvalue weighted by atomic mass is 9.86. The predicted octanol–water partition coefficient (Wildman–Crippen LogP) is 4.77. The lowest BCUT2D eigenvalue weighted by Crippen LogP contribution is -2.57. The number of benzene rings is 2. The lowest BCUT2D eigenvalue weighted by molar-refractivity contribution is -0.134. The van der Waals surface area contributed by atoms with Gasteiger partial charge in [0.25, 0.3) is 0 Å². The van der Waals surface area contributed by atoms with E-state index in [2.05, 4.69) is 0 Å². The van der Waals surface area contributed by atoms with Gasteiger partial charge in [0, 0.05) is 31.2 Å². The molecule has 1 aliphatic carbocycles. The second-order valence-corrected chi connectivity index (χ2v) is 14.5. The number of halogens is 3. The zero-order valence-corrected chi connectivity index (χ0v) is 25.7. The third-order valence-electron chi connectivity index (χ3n) is 9.62. The van der Waals surface area contributed by atoms with Crippen LogP contribution in [0.15, 0.2) is 47.4 Å². The molecule has 2 aromatic rings. The Labute approximate surface area is 255 Å². The van der Waals surface area contributed by atoms with Crippen molar-refractivity contribution in [2.45, 2.75) is 73.1 Å². The number of hydrogen-bond acceptors (Lipinski definition) is 6. The number of carbonyl (C=O) groups is 2. The van der Waals surface area contributed by atoms with Gasteiger partial charge in [-0.1, -0.05) is 11.6 Å². The van der Waals surface area contributed by atoms with Crippen LogP contribution in [-0.2, 0) is 19.6 Å². The average molecular weight is 637 g/mol. The molecule has 232 valence electrons. The maximum atomic E-state index is 14.4. The molecule has 0 bridgehead atoms. The summed E-state index contributed by atoms with van der Waals surface area (Å²) in [5.41, 5.74) is -1.50. The van der Waals surface area contributed by atoms with Gasteiger partial charge in [0.1, 0.15) is 22.8 Å². The molecular formula is C30H35ClF2N4O5S. The molecule has 2 atom stereocenters. The smallest absolute Gasteiger partial charge is 0.410 e. The van der Waals surface area contributed by atoms with Crippen molar-refractivity contribution in [2.24, 2.45) is 0 Å². The first-order chi connectivity index (χ1) is 20.4. The Bertz CT molecular complexity index is 1510. The summed E-state index contributed by atoms with van der Waals surface area (Å²) >= 11 is 6.03. The maximum absolute atomic E-state index is 14.4. The molecule has 9 nitrogen and oxygen atoms in total. The van der Waals surface area contributed by atoms with Crippen LogP contribution in [0.4, 0.5) is 13.6 Å². The number of amides is 2. The fraction of sp³-hybridized carbons (Fsp3) is 0.533. The Morgan fingerprint density at radius 2 is 1.60 bits per heavy atom. The number of piperidine rings is 2. The summed E-state index contributed by atoms with van der Waals surface area (Å²) < 4.78 is 64.7. The average Bonchev–Trinajstić information content (AvgIpc) is 3.72. The molecule has 3 saturated heterocycles. The van der Waals surface area contributed by atoms with Gasteiger partial charge in [-0.3, -0.25) is 9.69 Å². The van der Waals surface area contributed by atoms with Crippen molar-refractivity contribution in [2.75, 3.05) is 33.9 Å². The number of likely N-dealkylation sites (tertiary alicyclic amines) is 1. The molecule has 13 heteroatoms. The minimum absolute atomic E-state index is 0.00977. The van der Waals surface area contributed by atoms with Crippen molar-refractivity contribution < 1.29 is 31.5 Å². The Kier molecular flexibility index (Phi) is 7.72. The van der Waals surface area contributed by atoms with Crippen LogP contribution in [0.2, 0.25) is 5.02 Å². The van der Waals surface area contributed by atoms with Crippen LogP contribution in [-0.4, -0.2) is 90.5 Å². The van der Waals surface area contributed by atoms with E-state index in [-0.39, 0.29) is 16.4 Å². The topological polar surface area (TPSA) is 90.5 Å². The van der Waals surface area contributed by atoms with E-state index in [0.717, 1.165) is 18.2 Å². The summed E-state index contributed by atoms with van der Waals surface area (Å²) in [6.45, 7) is 1.20. The number of ether oxygens (including phenoxy) is 1. The van der Waals surface area contributed by atoms with Crippen LogP contribution >= 0.6 is 11.6 Å². The number of rotatable bonds is 5. The molecule has 4 aliphatic rings. The predicted molar refractivity (Wildman–Crippen MR) is 155 cm³/mol. The molecule has 2 unspecified atom stereocenters. The summed E-state index contributed by atoms with van der Waals surface area (Å²) in [6, 6.07) is 7.23. The molecule has 0 aromatic heterocycles. The van der Waals surface area contributed by atoms with Crippen LogP contribution in [0.3, 0.4) is 0 Å². The van der Waals surface area contributed by atoms with E-state index >= 15 is 0 Å². The standard InChI is InChI=1S/C30H35ClF2N4O5S/c1-34-19-35(2)29(27(34)38)12-14-36(15-13-29)28(39)42-30(10-11-30)26-5-3-4-25(20-16-22(32)18-23(33)17-20)37(26)43(40,41)24-8-6-21(31)7-9-24/h6-9,16-18,25-26H,3-5,10-15,19H2,1-2H3. The second-order valence-electron chi connectivity index (χ2n) is 12.2. The van der Waals surface area contributed by atoms with Crippen LogP contribution in [0.1, 0.15) is 56.6 Å². The van der Waals surface area contributed by atoms with E-state index in [4.69, 9.17) is 16.3 Å². The first-order valence-electron chi connectivity index (χ1n) is 14.6. The van der Waals surface area contributed by atoms with Gasteiger partial charge in [-0.2, -0.15) is 4.31 Å². The van der Waals surface area contributed by atoms with Crippen LogP contribution in [0, 0.1) is 11.6 Å². The number of likely N-dealkylation sites (N-methyl/N-ethyl adjacent to an activating group) is 2. The van der Waals surface area contributed by atoms with E-state index in [1.54, 1.807) is 16.8 Å². The summed E-state index contributed by atoms with van der Waals surface area (Å²) in [5, 5.41) is 0.367. The van der Waals surface area contributed by atoms with Gasteiger partial charge < -0.3 is 14.5 Å². The molecule has 43 heavy (non-hydrogen) atoms. The number of nitrogens with zero attached hydrogens (tertiary/aromatic N) is 4. The Hall–Kier alpha value is -2.80. The van der Waals surface area contributed by atoms with E-state index in [9.17, 15) is 26.8 Å². The minimum atomic E-state index is -4.21. The summed E-state index contributed by atoms with van der Waals surface area (Å²) in [5.74, 6) is -1.55. The molecule has 1 spiro atoms. The highest BCUT2D eigenvalue weighted by molar-refractivity contribution is 7.89. The minimum Gasteiger partial charge on any atom is -0.441 e. The Morgan fingerprint density at radius 3 is 2.16 bits per heavy atom. The van der Waals surface area contributed by atoms with E-state index in [1.165, 1.54) is 28.6 Å². The zero-order valence-electron chi connectivity index (χ0n) is 24.1. The first-order valence-corrected chi connectivity index (χ1v) is 16.4. The van der Waals surface area contributed by atoms with Gasteiger partial charge in [0.2, 0.25) is 15.9 Å². The Morgan fingerprint density at radius 1 is 0.977 bits per heavy atom. The van der Waals surface area contributed by atoms with Crippen molar-refractivity contribution in [3.05, 3.63) is 64.7 Å². The number of carbonyl (C=O) groups excluding carboxylic acids is 2. The monoisotopic (exact) mass is 636 g/mol. The fourth-order valence-electron chi connectivity index (χ4n) is 7.17. The second kappa shape index (κ2) is 11.0. The summed E-state index contributed by atoms with van der Waals surface area (Å²) in [7, 11) is -0.531. The molecule has 3 aliphatic heterocycles. The van der Waals surface area contributed by atoms with Crippen molar-refractivity contribution >= 4 is 33.6 Å². The van der Waals surface area contributed by atoms with Crippen molar-refractivity contribution in [3.63, 3.8) is 0 Å². The quantitative estimate of drug-likeness (QED) is 0.470. The largest absolute Gasteiger partial charge is 0.441 e. The molecule has 1 saturated carbocycles. The van der Waals surface area contributed by atoms with Gasteiger partial charge in [0.15, 0.2) is 0 Å².